The number of aryl methyl sites for hydroxylation is 1. The topological polar surface area (TPSA) is 143 Å². The van der Waals surface area contributed by atoms with Gasteiger partial charge in [0.2, 0.25) is 11.7 Å². The Hall–Kier alpha value is -3.99. The Morgan fingerprint density at radius 1 is 1.09 bits per heavy atom. The number of nitrogens with one attached hydrogen (secondary N) is 3. The van der Waals surface area contributed by atoms with Gasteiger partial charge in [0.15, 0.2) is 5.69 Å². The molecule has 1 fully saturated rings. The predicted molar refractivity (Wildman–Crippen MR) is 125 cm³/mol. The van der Waals surface area contributed by atoms with Crippen LogP contribution in [0.3, 0.4) is 0 Å². The summed E-state index contributed by atoms with van der Waals surface area (Å²) in [5.41, 5.74) is 2.55. The molecule has 2 aromatic heterocycles. The third-order valence-electron chi connectivity index (χ3n) is 5.69. The lowest BCUT2D eigenvalue weighted by atomic mass is 10.1. The van der Waals surface area contributed by atoms with Crippen molar-refractivity contribution in [2.45, 2.75) is 31.6 Å². The van der Waals surface area contributed by atoms with E-state index in [0.717, 1.165) is 18.5 Å². The summed E-state index contributed by atoms with van der Waals surface area (Å²) in [6, 6.07) is 14.5. The van der Waals surface area contributed by atoms with Crippen molar-refractivity contribution in [3.05, 3.63) is 60.3 Å². The summed E-state index contributed by atoms with van der Waals surface area (Å²) in [5.74, 6) is 0.524. The van der Waals surface area contributed by atoms with Crippen molar-refractivity contribution in [2.75, 3.05) is 10.0 Å². The minimum absolute atomic E-state index is 0.0601. The minimum Gasteiger partial charge on any atom is -0.332 e. The van der Waals surface area contributed by atoms with Gasteiger partial charge in [0, 0.05) is 22.4 Å². The fraction of sp³-hybridized carbons (Fsp3) is 0.217. The van der Waals surface area contributed by atoms with E-state index in [0.29, 0.717) is 28.5 Å². The molecule has 5 rings (SSSR count). The Balaban J connectivity index is 1.30. The zero-order valence-corrected chi connectivity index (χ0v) is 19.3. The van der Waals surface area contributed by atoms with Crippen LogP contribution in [-0.4, -0.2) is 34.7 Å². The van der Waals surface area contributed by atoms with E-state index in [9.17, 15) is 13.2 Å². The van der Waals surface area contributed by atoms with Crippen LogP contribution in [0.15, 0.2) is 64.0 Å². The number of hydrogen-bond acceptors (Lipinski definition) is 7. The average Bonchev–Trinajstić information content (AvgIpc) is 3.19. The van der Waals surface area contributed by atoms with Crippen LogP contribution in [0.5, 0.6) is 0 Å². The predicted octanol–water partition coefficient (Wildman–Crippen LogP) is 3.97. The first-order valence-corrected chi connectivity index (χ1v) is 12.1. The summed E-state index contributed by atoms with van der Waals surface area (Å²) < 4.78 is 33.6. The Morgan fingerprint density at radius 2 is 1.82 bits per heavy atom. The normalized spacial score (nSPS) is 14.5. The molecule has 0 radical (unpaired) electrons. The van der Waals surface area contributed by atoms with Crippen LogP contribution in [-0.2, 0) is 14.8 Å². The zero-order chi connectivity index (χ0) is 23.9. The second kappa shape index (κ2) is 8.10. The first-order valence-electron chi connectivity index (χ1n) is 10.6. The van der Waals surface area contributed by atoms with Crippen LogP contribution < -0.4 is 10.0 Å². The monoisotopic (exact) mass is 478 g/mol. The van der Waals surface area contributed by atoms with Crippen molar-refractivity contribution in [3.8, 4) is 23.0 Å². The number of hydrogen-bond donors (Lipinski definition) is 3. The van der Waals surface area contributed by atoms with E-state index in [-0.39, 0.29) is 22.1 Å². The SMILES string of the molecule is Cc1cc(-c2nc(-c3ccc(S(=O)(=O)Nc4cccc(NC(=O)C5(C)CC5)c4)cc3)no2)n[nH]1. The van der Waals surface area contributed by atoms with Gasteiger partial charge in [-0.05, 0) is 68.3 Å². The molecule has 0 atom stereocenters. The van der Waals surface area contributed by atoms with Crippen molar-refractivity contribution < 1.29 is 17.7 Å². The lowest BCUT2D eigenvalue weighted by Gasteiger charge is -2.12. The van der Waals surface area contributed by atoms with Crippen LogP contribution in [0, 0.1) is 12.3 Å². The lowest BCUT2D eigenvalue weighted by Crippen LogP contribution is -2.21. The van der Waals surface area contributed by atoms with E-state index in [4.69, 9.17) is 4.52 Å². The van der Waals surface area contributed by atoms with Crippen LogP contribution >= 0.6 is 0 Å². The van der Waals surface area contributed by atoms with Crippen molar-refractivity contribution in [1.82, 2.24) is 20.3 Å². The third-order valence-corrected chi connectivity index (χ3v) is 7.09. The van der Waals surface area contributed by atoms with E-state index in [1.807, 2.05) is 13.8 Å². The number of aromatic amines is 1. The fourth-order valence-electron chi connectivity index (χ4n) is 3.33. The number of rotatable bonds is 7. The molecule has 0 saturated heterocycles. The molecule has 1 saturated carbocycles. The number of anilines is 2. The van der Waals surface area contributed by atoms with Crippen molar-refractivity contribution in [3.63, 3.8) is 0 Å². The molecule has 0 bridgehead atoms. The molecule has 0 unspecified atom stereocenters. The second-order valence-electron chi connectivity index (χ2n) is 8.58. The largest absolute Gasteiger partial charge is 0.332 e. The van der Waals surface area contributed by atoms with Gasteiger partial charge in [-0.1, -0.05) is 18.1 Å². The third kappa shape index (κ3) is 4.42. The first kappa shape index (κ1) is 21.8. The summed E-state index contributed by atoms with van der Waals surface area (Å²) in [6.07, 6.45) is 1.71. The number of benzene rings is 2. The van der Waals surface area contributed by atoms with Crippen molar-refractivity contribution >= 4 is 27.3 Å². The second-order valence-corrected chi connectivity index (χ2v) is 10.3. The van der Waals surface area contributed by atoms with Gasteiger partial charge in [-0.25, -0.2) is 8.42 Å². The summed E-state index contributed by atoms with van der Waals surface area (Å²) >= 11 is 0. The molecule has 1 amide bonds. The highest BCUT2D eigenvalue weighted by atomic mass is 32.2. The fourth-order valence-corrected chi connectivity index (χ4v) is 4.38. The molecule has 2 heterocycles. The molecular formula is C23H22N6O4S. The first-order chi connectivity index (χ1) is 16.2. The number of aromatic nitrogens is 4. The summed E-state index contributed by atoms with van der Waals surface area (Å²) in [4.78, 5) is 16.7. The van der Waals surface area contributed by atoms with Crippen molar-refractivity contribution in [2.24, 2.45) is 5.41 Å². The molecule has 11 heteroatoms. The molecule has 4 aromatic rings. The van der Waals surface area contributed by atoms with Gasteiger partial charge in [0.1, 0.15) is 0 Å². The molecule has 10 nitrogen and oxygen atoms in total. The van der Waals surface area contributed by atoms with E-state index >= 15 is 0 Å². The molecule has 0 spiro atoms. The van der Waals surface area contributed by atoms with Crippen LogP contribution in [0.25, 0.3) is 23.0 Å². The molecule has 1 aliphatic carbocycles. The van der Waals surface area contributed by atoms with Gasteiger partial charge >= 0.3 is 0 Å². The quantitative estimate of drug-likeness (QED) is 0.365. The number of H-pyrrole nitrogens is 1. The van der Waals surface area contributed by atoms with Gasteiger partial charge < -0.3 is 9.84 Å². The van der Waals surface area contributed by atoms with E-state index < -0.39 is 10.0 Å². The van der Waals surface area contributed by atoms with Gasteiger partial charge in [-0.15, -0.1) is 0 Å². The smallest absolute Gasteiger partial charge is 0.278 e. The molecule has 2 aromatic carbocycles. The van der Waals surface area contributed by atoms with Gasteiger partial charge in [0.05, 0.1) is 10.6 Å². The molecule has 174 valence electrons. The maximum atomic E-state index is 12.9. The highest BCUT2D eigenvalue weighted by molar-refractivity contribution is 7.92. The Kier molecular flexibility index (Phi) is 5.20. The minimum atomic E-state index is -3.85. The molecule has 34 heavy (non-hydrogen) atoms. The van der Waals surface area contributed by atoms with Crippen molar-refractivity contribution in [1.29, 1.82) is 0 Å². The van der Waals surface area contributed by atoms with Gasteiger partial charge in [0.25, 0.3) is 15.9 Å². The highest BCUT2D eigenvalue weighted by Gasteiger charge is 2.44. The molecular weight excluding hydrogens is 456 g/mol. The van der Waals surface area contributed by atoms with E-state index in [1.54, 1.807) is 42.5 Å². The summed E-state index contributed by atoms with van der Waals surface area (Å²) in [5, 5.41) is 13.7. The molecule has 3 N–H and O–H groups in total. The Bertz CT molecular complexity index is 1470. The van der Waals surface area contributed by atoms with Crippen LogP contribution in [0.1, 0.15) is 25.5 Å². The number of carbonyl (C=O) groups is 1. The van der Waals surface area contributed by atoms with Gasteiger partial charge in [-0.3, -0.25) is 14.6 Å². The summed E-state index contributed by atoms with van der Waals surface area (Å²) in [6.45, 7) is 3.77. The maximum absolute atomic E-state index is 12.9. The number of sulfonamides is 1. The lowest BCUT2D eigenvalue weighted by molar-refractivity contribution is -0.120. The van der Waals surface area contributed by atoms with Gasteiger partial charge in [-0.2, -0.15) is 10.1 Å². The Labute approximate surface area is 195 Å². The number of amides is 1. The highest BCUT2D eigenvalue weighted by Crippen LogP contribution is 2.45. The standard InChI is InChI=1S/C23H22N6O4S/c1-14-12-19(27-26-14)21-25-20(28-33-21)15-6-8-18(9-7-15)34(31,32)29-17-5-3-4-16(13-17)24-22(30)23(2)10-11-23/h3-9,12-13,29H,10-11H2,1-2H3,(H,24,30)(H,26,27). The summed E-state index contributed by atoms with van der Waals surface area (Å²) in [7, 11) is -3.85. The average molecular weight is 479 g/mol. The number of carbonyl (C=O) groups excluding carboxylic acids is 1. The zero-order valence-electron chi connectivity index (χ0n) is 18.5. The maximum Gasteiger partial charge on any atom is 0.278 e. The number of nitrogens with zero attached hydrogens (tertiary/aromatic N) is 3. The van der Waals surface area contributed by atoms with E-state index in [1.165, 1.54) is 12.1 Å². The molecule has 1 aliphatic rings. The Morgan fingerprint density at radius 3 is 2.50 bits per heavy atom. The van der Waals surface area contributed by atoms with E-state index in [2.05, 4.69) is 30.4 Å². The van der Waals surface area contributed by atoms with Crippen LogP contribution in [0.4, 0.5) is 11.4 Å². The molecule has 0 aliphatic heterocycles. The van der Waals surface area contributed by atoms with Crippen LogP contribution in [0.2, 0.25) is 0 Å².